The average molecular weight is 331 g/mol. The molecule has 1 fully saturated rings. The maximum absolute atomic E-state index is 12.6. The fraction of sp³-hybridized carbons (Fsp3) is 0.471. The first-order valence-electron chi connectivity index (χ1n) is 8.01. The van der Waals surface area contributed by atoms with E-state index in [-0.39, 0.29) is 12.0 Å². The van der Waals surface area contributed by atoms with Gasteiger partial charge < -0.3 is 9.64 Å². The van der Waals surface area contributed by atoms with Gasteiger partial charge in [-0.15, -0.1) is 5.10 Å². The highest BCUT2D eigenvalue weighted by Gasteiger charge is 2.27. The smallest absolute Gasteiger partial charge is 0.267 e. The fourth-order valence-electron chi connectivity index (χ4n) is 2.79. The minimum atomic E-state index is 0.0613. The van der Waals surface area contributed by atoms with Crippen molar-refractivity contribution in [3.63, 3.8) is 0 Å². The number of aryl methyl sites for hydroxylation is 2. The van der Waals surface area contributed by atoms with Gasteiger partial charge in [0.05, 0.1) is 5.69 Å². The number of amides is 1. The molecule has 0 radical (unpaired) electrons. The Balaban J connectivity index is 1.58. The summed E-state index contributed by atoms with van der Waals surface area (Å²) in [4.78, 5) is 15.2. The molecule has 1 aliphatic heterocycles. The minimum Gasteiger partial charge on any atom is -0.490 e. The van der Waals surface area contributed by atoms with E-state index in [1.165, 1.54) is 11.5 Å². The Morgan fingerprint density at radius 2 is 2.09 bits per heavy atom. The minimum absolute atomic E-state index is 0.0613. The fourth-order valence-corrected chi connectivity index (χ4v) is 3.51. The summed E-state index contributed by atoms with van der Waals surface area (Å²) < 4.78 is 10.00. The summed E-state index contributed by atoms with van der Waals surface area (Å²) in [6.45, 7) is 5.49. The van der Waals surface area contributed by atoms with Crippen LogP contribution in [-0.2, 0) is 6.42 Å². The lowest BCUT2D eigenvalue weighted by Gasteiger charge is -2.32. The van der Waals surface area contributed by atoms with Gasteiger partial charge in [-0.05, 0) is 36.5 Å². The van der Waals surface area contributed by atoms with Gasteiger partial charge in [0.2, 0.25) is 0 Å². The monoisotopic (exact) mass is 331 g/mol. The number of ether oxygens (including phenoxy) is 1. The predicted octanol–water partition coefficient (Wildman–Crippen LogP) is 3.09. The van der Waals surface area contributed by atoms with Crippen LogP contribution in [0.4, 0.5) is 0 Å². The van der Waals surface area contributed by atoms with Gasteiger partial charge in [-0.25, -0.2) is 0 Å². The number of carbonyl (C=O) groups is 1. The molecule has 5 nitrogen and oxygen atoms in total. The van der Waals surface area contributed by atoms with Gasteiger partial charge in [-0.3, -0.25) is 4.79 Å². The molecule has 2 heterocycles. The van der Waals surface area contributed by atoms with Gasteiger partial charge in [0.1, 0.15) is 16.7 Å². The van der Waals surface area contributed by atoms with E-state index in [1.807, 2.05) is 30.0 Å². The van der Waals surface area contributed by atoms with E-state index in [9.17, 15) is 4.79 Å². The maximum Gasteiger partial charge on any atom is 0.267 e. The summed E-state index contributed by atoms with van der Waals surface area (Å²) in [7, 11) is 0. The first-order valence-corrected chi connectivity index (χ1v) is 8.79. The quantitative estimate of drug-likeness (QED) is 0.864. The molecule has 2 aromatic rings. The van der Waals surface area contributed by atoms with Crippen molar-refractivity contribution in [2.45, 2.75) is 39.2 Å². The second-order valence-corrected chi connectivity index (χ2v) is 6.53. The third-order valence-corrected chi connectivity index (χ3v) is 4.96. The van der Waals surface area contributed by atoms with Crippen LogP contribution in [0.15, 0.2) is 24.3 Å². The highest BCUT2D eigenvalue weighted by molar-refractivity contribution is 7.08. The van der Waals surface area contributed by atoms with E-state index >= 15 is 0 Å². The first kappa shape index (κ1) is 15.9. The average Bonchev–Trinajstić information content (AvgIpc) is 3.05. The molecule has 1 aliphatic rings. The van der Waals surface area contributed by atoms with E-state index < -0.39 is 0 Å². The molecule has 3 rings (SSSR count). The molecule has 0 atom stereocenters. The zero-order chi connectivity index (χ0) is 16.2. The molecule has 6 heteroatoms. The number of para-hydroxylation sites is 1. The normalized spacial score (nSPS) is 15.7. The van der Waals surface area contributed by atoms with Crippen molar-refractivity contribution >= 4 is 17.4 Å². The summed E-state index contributed by atoms with van der Waals surface area (Å²) >= 11 is 1.20. The Labute approximate surface area is 140 Å². The Morgan fingerprint density at radius 1 is 1.35 bits per heavy atom. The number of benzene rings is 1. The van der Waals surface area contributed by atoms with Crippen LogP contribution in [0.5, 0.6) is 5.75 Å². The Bertz CT molecular complexity index is 678. The third-order valence-electron chi connectivity index (χ3n) is 4.20. The second kappa shape index (κ2) is 7.08. The van der Waals surface area contributed by atoms with Crippen LogP contribution in [0.25, 0.3) is 0 Å². The van der Waals surface area contributed by atoms with Gasteiger partial charge in [0.15, 0.2) is 0 Å². The van der Waals surface area contributed by atoms with Crippen molar-refractivity contribution in [1.29, 1.82) is 0 Å². The summed E-state index contributed by atoms with van der Waals surface area (Å²) in [5.41, 5.74) is 1.95. The first-order chi connectivity index (χ1) is 11.2. The van der Waals surface area contributed by atoms with Crippen molar-refractivity contribution in [1.82, 2.24) is 14.5 Å². The molecule has 23 heavy (non-hydrogen) atoms. The number of likely N-dealkylation sites (tertiary alicyclic amines) is 1. The zero-order valence-electron chi connectivity index (χ0n) is 13.5. The van der Waals surface area contributed by atoms with E-state index in [1.54, 1.807) is 0 Å². The van der Waals surface area contributed by atoms with Crippen LogP contribution in [-0.4, -0.2) is 39.6 Å². The number of hydrogen-bond donors (Lipinski definition) is 0. The molecule has 0 spiro atoms. The second-order valence-electron chi connectivity index (χ2n) is 5.78. The van der Waals surface area contributed by atoms with Crippen LogP contribution in [0.2, 0.25) is 0 Å². The number of piperidine rings is 1. The summed E-state index contributed by atoms with van der Waals surface area (Å²) in [6, 6.07) is 8.06. The molecule has 0 aliphatic carbocycles. The van der Waals surface area contributed by atoms with Gasteiger partial charge in [-0.1, -0.05) is 29.6 Å². The maximum atomic E-state index is 12.6. The summed E-state index contributed by atoms with van der Waals surface area (Å²) in [5.74, 6) is 1.00. The standard InChI is InChI=1S/C17H21N3O2S/c1-3-14-16(23-19-18-14)17(21)20-10-8-13(9-11-20)22-15-7-5-4-6-12(15)2/h4-7,13H,3,8-11H2,1-2H3. The molecule has 0 bridgehead atoms. The van der Waals surface area contributed by atoms with Crippen molar-refractivity contribution in [2.75, 3.05) is 13.1 Å². The van der Waals surface area contributed by atoms with Gasteiger partial charge in [0.25, 0.3) is 5.91 Å². The predicted molar refractivity (Wildman–Crippen MR) is 90.0 cm³/mol. The molecule has 1 amide bonds. The number of hydrogen-bond acceptors (Lipinski definition) is 5. The molecule has 1 saturated heterocycles. The van der Waals surface area contributed by atoms with Gasteiger partial charge in [0, 0.05) is 25.9 Å². The lowest BCUT2D eigenvalue weighted by atomic mass is 10.1. The molecular formula is C17H21N3O2S. The van der Waals surface area contributed by atoms with E-state index in [2.05, 4.69) is 22.6 Å². The molecule has 0 unspecified atom stereocenters. The largest absolute Gasteiger partial charge is 0.490 e. The van der Waals surface area contributed by atoms with Crippen LogP contribution >= 0.6 is 11.5 Å². The summed E-state index contributed by atoms with van der Waals surface area (Å²) in [6.07, 6.45) is 2.62. The molecule has 0 N–H and O–H groups in total. The SMILES string of the molecule is CCc1nnsc1C(=O)N1CCC(Oc2ccccc2C)CC1. The number of aromatic nitrogens is 2. The third kappa shape index (κ3) is 3.52. The zero-order valence-corrected chi connectivity index (χ0v) is 14.3. The lowest BCUT2D eigenvalue weighted by Crippen LogP contribution is -2.41. The van der Waals surface area contributed by atoms with Crippen LogP contribution in [0.1, 0.15) is 40.7 Å². The van der Waals surface area contributed by atoms with Gasteiger partial charge >= 0.3 is 0 Å². The van der Waals surface area contributed by atoms with Crippen molar-refractivity contribution < 1.29 is 9.53 Å². The van der Waals surface area contributed by atoms with E-state index in [0.717, 1.165) is 49.4 Å². The molecular weight excluding hydrogens is 310 g/mol. The van der Waals surface area contributed by atoms with Crippen LogP contribution in [0, 0.1) is 6.92 Å². The molecule has 122 valence electrons. The van der Waals surface area contributed by atoms with E-state index in [4.69, 9.17) is 4.74 Å². The number of nitrogens with zero attached hydrogens (tertiary/aromatic N) is 3. The topological polar surface area (TPSA) is 55.3 Å². The summed E-state index contributed by atoms with van der Waals surface area (Å²) in [5, 5.41) is 4.03. The van der Waals surface area contributed by atoms with Crippen LogP contribution < -0.4 is 4.74 Å². The number of carbonyl (C=O) groups excluding carboxylic acids is 1. The molecule has 1 aromatic heterocycles. The van der Waals surface area contributed by atoms with E-state index in [0.29, 0.717) is 4.88 Å². The van der Waals surface area contributed by atoms with Gasteiger partial charge in [-0.2, -0.15) is 0 Å². The molecule has 1 aromatic carbocycles. The number of rotatable bonds is 4. The highest BCUT2D eigenvalue weighted by Crippen LogP contribution is 2.24. The lowest BCUT2D eigenvalue weighted by molar-refractivity contribution is 0.0597. The Morgan fingerprint density at radius 3 is 2.78 bits per heavy atom. The van der Waals surface area contributed by atoms with Crippen LogP contribution in [0.3, 0.4) is 0 Å². The van der Waals surface area contributed by atoms with Crippen molar-refractivity contribution in [2.24, 2.45) is 0 Å². The molecule has 0 saturated carbocycles. The van der Waals surface area contributed by atoms with Crippen molar-refractivity contribution in [3.8, 4) is 5.75 Å². The Hall–Kier alpha value is -1.95. The highest BCUT2D eigenvalue weighted by atomic mass is 32.1. The van der Waals surface area contributed by atoms with Crippen molar-refractivity contribution in [3.05, 3.63) is 40.4 Å². The Kier molecular flexibility index (Phi) is 4.91.